The lowest BCUT2D eigenvalue weighted by molar-refractivity contribution is 0.179. The molecule has 4 heteroatoms. The molecule has 14 heavy (non-hydrogen) atoms. The average Bonchev–Trinajstić information content (AvgIpc) is 2.72. The molecule has 0 spiro atoms. The first-order valence-corrected chi connectivity index (χ1v) is 5.21. The fraction of sp³-hybridized carbons (Fsp3) is 0.200. The van der Waals surface area contributed by atoms with Crippen LogP contribution in [0.5, 0.6) is 0 Å². The predicted molar refractivity (Wildman–Crippen MR) is 55.0 cm³/mol. The van der Waals surface area contributed by atoms with Crippen LogP contribution >= 0.6 is 11.3 Å². The molecule has 0 amide bonds. The van der Waals surface area contributed by atoms with Gasteiger partial charge in [0.25, 0.3) is 0 Å². The number of aliphatic hydroxyl groups is 1. The normalized spacial score (nSPS) is 12.6. The molecule has 0 radical (unpaired) electrons. The molecule has 72 valence electrons. The van der Waals surface area contributed by atoms with E-state index in [9.17, 15) is 5.11 Å². The van der Waals surface area contributed by atoms with Crippen molar-refractivity contribution < 1.29 is 5.11 Å². The van der Waals surface area contributed by atoms with Crippen molar-refractivity contribution in [3.05, 3.63) is 46.4 Å². The quantitative estimate of drug-likeness (QED) is 0.833. The summed E-state index contributed by atoms with van der Waals surface area (Å²) in [5.74, 6) is 0. The van der Waals surface area contributed by atoms with Crippen LogP contribution in [0.1, 0.15) is 16.5 Å². The topological polar surface area (TPSA) is 46.0 Å². The molecule has 3 nitrogen and oxygen atoms in total. The van der Waals surface area contributed by atoms with Gasteiger partial charge in [-0.2, -0.15) is 10.2 Å². The number of thiophene rings is 1. The highest BCUT2D eigenvalue weighted by Crippen LogP contribution is 2.19. The summed E-state index contributed by atoms with van der Waals surface area (Å²) in [5, 5.41) is 19.2. The zero-order valence-electron chi connectivity index (χ0n) is 7.50. The molecule has 0 aliphatic carbocycles. The number of hydrogen-bond donors (Lipinski definition) is 1. The van der Waals surface area contributed by atoms with Gasteiger partial charge in [0.15, 0.2) is 0 Å². The number of rotatable bonds is 3. The molecular weight excluding hydrogens is 196 g/mol. The third-order valence-electron chi connectivity index (χ3n) is 1.97. The maximum absolute atomic E-state index is 9.83. The summed E-state index contributed by atoms with van der Waals surface area (Å²) in [7, 11) is 0. The number of aliphatic hydroxyl groups excluding tert-OH is 1. The van der Waals surface area contributed by atoms with Crippen molar-refractivity contribution in [2.45, 2.75) is 12.5 Å². The molecule has 0 bridgehead atoms. The van der Waals surface area contributed by atoms with E-state index in [1.165, 1.54) is 4.88 Å². The standard InChI is InChI=1S/C10H10N2OS/c13-10(6-9-2-1-5-14-9)8-3-4-11-12-7-8/h1-5,7,10,13H,6H2. The molecule has 2 aromatic rings. The van der Waals surface area contributed by atoms with E-state index in [-0.39, 0.29) is 0 Å². The Balaban J connectivity index is 2.07. The van der Waals surface area contributed by atoms with Crippen LogP contribution in [-0.2, 0) is 6.42 Å². The molecule has 0 fully saturated rings. The second kappa shape index (κ2) is 4.30. The SMILES string of the molecule is OC(Cc1cccs1)c1ccnnc1. The molecule has 0 aliphatic heterocycles. The Hall–Kier alpha value is -1.26. The Bertz CT molecular complexity index is 374. The molecule has 2 heterocycles. The Morgan fingerprint density at radius 2 is 2.29 bits per heavy atom. The summed E-state index contributed by atoms with van der Waals surface area (Å²) in [6.45, 7) is 0. The molecule has 2 rings (SSSR count). The molecule has 0 aliphatic rings. The Labute approximate surface area is 86.1 Å². The van der Waals surface area contributed by atoms with Gasteiger partial charge >= 0.3 is 0 Å². The Morgan fingerprint density at radius 3 is 2.93 bits per heavy atom. The maximum Gasteiger partial charge on any atom is 0.0854 e. The van der Waals surface area contributed by atoms with E-state index in [1.807, 2.05) is 17.5 Å². The molecule has 1 N–H and O–H groups in total. The number of nitrogens with zero attached hydrogens (tertiary/aromatic N) is 2. The van der Waals surface area contributed by atoms with E-state index in [0.29, 0.717) is 6.42 Å². The molecule has 0 saturated carbocycles. The van der Waals surface area contributed by atoms with Crippen molar-refractivity contribution in [2.75, 3.05) is 0 Å². The average molecular weight is 206 g/mol. The lowest BCUT2D eigenvalue weighted by Crippen LogP contribution is -2.01. The summed E-state index contributed by atoms with van der Waals surface area (Å²) in [5.41, 5.74) is 0.813. The predicted octanol–water partition coefficient (Wildman–Crippen LogP) is 1.81. The van der Waals surface area contributed by atoms with Crippen LogP contribution < -0.4 is 0 Å². The van der Waals surface area contributed by atoms with E-state index in [0.717, 1.165) is 5.56 Å². The van der Waals surface area contributed by atoms with Gasteiger partial charge in [-0.1, -0.05) is 6.07 Å². The second-order valence-electron chi connectivity index (χ2n) is 2.98. The summed E-state index contributed by atoms with van der Waals surface area (Å²) in [6.07, 6.45) is 3.35. The first-order valence-electron chi connectivity index (χ1n) is 4.33. The van der Waals surface area contributed by atoms with Gasteiger partial charge in [-0.15, -0.1) is 11.3 Å². The lowest BCUT2D eigenvalue weighted by atomic mass is 10.1. The van der Waals surface area contributed by atoms with Crippen molar-refractivity contribution in [3.63, 3.8) is 0 Å². The van der Waals surface area contributed by atoms with Gasteiger partial charge < -0.3 is 5.11 Å². The van der Waals surface area contributed by atoms with Crippen LogP contribution in [0.2, 0.25) is 0 Å². The third-order valence-corrected chi connectivity index (χ3v) is 2.87. The monoisotopic (exact) mass is 206 g/mol. The molecule has 1 unspecified atom stereocenters. The summed E-state index contributed by atoms with van der Waals surface area (Å²) in [4.78, 5) is 1.18. The van der Waals surface area contributed by atoms with E-state index in [1.54, 1.807) is 29.8 Å². The van der Waals surface area contributed by atoms with Crippen LogP contribution in [0, 0.1) is 0 Å². The van der Waals surface area contributed by atoms with Gasteiger partial charge in [-0.3, -0.25) is 0 Å². The van der Waals surface area contributed by atoms with Crippen LogP contribution in [0.4, 0.5) is 0 Å². The molecule has 2 aromatic heterocycles. The van der Waals surface area contributed by atoms with E-state index in [2.05, 4.69) is 10.2 Å². The molecule has 1 atom stereocenters. The fourth-order valence-electron chi connectivity index (χ4n) is 1.24. The highest BCUT2D eigenvalue weighted by molar-refractivity contribution is 7.09. The number of hydrogen-bond acceptors (Lipinski definition) is 4. The van der Waals surface area contributed by atoms with Crippen LogP contribution in [0.15, 0.2) is 36.0 Å². The van der Waals surface area contributed by atoms with E-state index < -0.39 is 6.10 Å². The van der Waals surface area contributed by atoms with Crippen LogP contribution in [0.3, 0.4) is 0 Å². The van der Waals surface area contributed by atoms with Crippen molar-refractivity contribution in [3.8, 4) is 0 Å². The highest BCUT2D eigenvalue weighted by atomic mass is 32.1. The first kappa shape index (κ1) is 9.30. The summed E-state index contributed by atoms with van der Waals surface area (Å²) >= 11 is 1.65. The number of aromatic nitrogens is 2. The minimum absolute atomic E-state index is 0.482. The fourth-order valence-corrected chi connectivity index (χ4v) is 1.98. The van der Waals surface area contributed by atoms with Crippen LogP contribution in [-0.4, -0.2) is 15.3 Å². The molecule has 0 aromatic carbocycles. The third kappa shape index (κ3) is 2.16. The summed E-state index contributed by atoms with van der Waals surface area (Å²) < 4.78 is 0. The lowest BCUT2D eigenvalue weighted by Gasteiger charge is -2.07. The second-order valence-corrected chi connectivity index (χ2v) is 4.01. The van der Waals surface area contributed by atoms with E-state index in [4.69, 9.17) is 0 Å². The Kier molecular flexibility index (Phi) is 2.86. The van der Waals surface area contributed by atoms with Gasteiger partial charge in [0.2, 0.25) is 0 Å². The zero-order valence-corrected chi connectivity index (χ0v) is 8.31. The molecule has 0 saturated heterocycles. The molecular formula is C10H10N2OS. The Morgan fingerprint density at radius 1 is 1.36 bits per heavy atom. The first-order chi connectivity index (χ1) is 6.86. The van der Waals surface area contributed by atoms with Gasteiger partial charge in [0, 0.05) is 23.1 Å². The van der Waals surface area contributed by atoms with Gasteiger partial charge in [0.05, 0.1) is 12.3 Å². The zero-order chi connectivity index (χ0) is 9.80. The minimum Gasteiger partial charge on any atom is -0.388 e. The van der Waals surface area contributed by atoms with Gasteiger partial charge in [-0.05, 0) is 17.5 Å². The highest BCUT2D eigenvalue weighted by Gasteiger charge is 2.08. The largest absolute Gasteiger partial charge is 0.388 e. The minimum atomic E-state index is -0.482. The van der Waals surface area contributed by atoms with Gasteiger partial charge in [0.1, 0.15) is 0 Å². The van der Waals surface area contributed by atoms with Crippen LogP contribution in [0.25, 0.3) is 0 Å². The van der Waals surface area contributed by atoms with Crippen molar-refractivity contribution in [1.29, 1.82) is 0 Å². The smallest absolute Gasteiger partial charge is 0.0854 e. The van der Waals surface area contributed by atoms with Gasteiger partial charge in [-0.25, -0.2) is 0 Å². The van der Waals surface area contributed by atoms with E-state index >= 15 is 0 Å². The maximum atomic E-state index is 9.83. The van der Waals surface area contributed by atoms with Crippen molar-refractivity contribution >= 4 is 11.3 Å². The van der Waals surface area contributed by atoms with Crippen molar-refractivity contribution in [1.82, 2.24) is 10.2 Å². The van der Waals surface area contributed by atoms with Crippen molar-refractivity contribution in [2.24, 2.45) is 0 Å². The summed E-state index contributed by atoms with van der Waals surface area (Å²) in [6, 6.07) is 5.78.